The molecule has 4 nitrogen and oxygen atoms in total. The Bertz CT molecular complexity index is 1890. The van der Waals surface area contributed by atoms with Gasteiger partial charge >= 0.3 is 12.4 Å². The van der Waals surface area contributed by atoms with E-state index in [4.69, 9.17) is 20.9 Å². The Morgan fingerprint density at radius 1 is 0.354 bits per heavy atom. The van der Waals surface area contributed by atoms with Crippen molar-refractivity contribution in [3.8, 4) is 56.4 Å². The third kappa shape index (κ3) is 7.23. The molecule has 0 bridgehead atoms. The van der Waals surface area contributed by atoms with Crippen LogP contribution in [0.1, 0.15) is 11.1 Å². The summed E-state index contributed by atoms with van der Waals surface area (Å²) in [7, 11) is 0. The highest BCUT2D eigenvalue weighted by molar-refractivity contribution is 5.74. The number of anilines is 2. The van der Waals surface area contributed by atoms with Gasteiger partial charge in [0.25, 0.3) is 0 Å². The summed E-state index contributed by atoms with van der Waals surface area (Å²) in [6.07, 6.45) is -9.32. The third-order valence-corrected chi connectivity index (χ3v) is 7.56. The zero-order valence-electron chi connectivity index (χ0n) is 24.9. The highest BCUT2D eigenvalue weighted by Crippen LogP contribution is 2.42. The summed E-state index contributed by atoms with van der Waals surface area (Å²) >= 11 is 0. The Hall–Kier alpha value is -5.90. The van der Waals surface area contributed by atoms with Gasteiger partial charge in [0, 0.05) is 11.4 Å². The van der Waals surface area contributed by atoms with Gasteiger partial charge in [0.05, 0.1) is 11.1 Å². The predicted octanol–water partition coefficient (Wildman–Crippen LogP) is 11.5. The van der Waals surface area contributed by atoms with Crippen LogP contribution < -0.4 is 20.9 Å². The molecular weight excluding hydrogens is 630 g/mol. The minimum absolute atomic E-state index is 0.221. The van der Waals surface area contributed by atoms with Crippen LogP contribution >= 0.6 is 0 Å². The average molecular weight is 657 g/mol. The molecule has 10 heteroatoms. The number of rotatable bonds is 7. The van der Waals surface area contributed by atoms with Crippen LogP contribution in [0.25, 0.3) is 33.4 Å². The van der Waals surface area contributed by atoms with Crippen molar-refractivity contribution in [3.63, 3.8) is 0 Å². The summed E-state index contributed by atoms with van der Waals surface area (Å²) < 4.78 is 95.0. The van der Waals surface area contributed by atoms with Gasteiger partial charge in [0.2, 0.25) is 0 Å². The van der Waals surface area contributed by atoms with E-state index < -0.39 is 23.5 Å². The van der Waals surface area contributed by atoms with Crippen LogP contribution in [0.2, 0.25) is 0 Å². The average Bonchev–Trinajstić information content (AvgIpc) is 3.06. The summed E-state index contributed by atoms with van der Waals surface area (Å²) in [6, 6.07) is 33.7. The fraction of sp³-hybridized carbons (Fsp3) is 0.0526. The van der Waals surface area contributed by atoms with Crippen LogP contribution in [0.5, 0.6) is 23.0 Å². The van der Waals surface area contributed by atoms with Gasteiger partial charge in [0.15, 0.2) is 0 Å². The standard InChI is InChI=1S/C38H26F6N2O2/c39-37(40,41)33-21-27(9-19-35(33)47-31-15-11-29(45)12-16-31)25-5-1-23(2-6-25)24-3-7-26(8-4-24)28-10-20-36(34(22-28)38(42,43)44)48-32-17-13-30(46)14-18-32/h1-22H,45-46H2. The molecule has 0 amide bonds. The quantitative estimate of drug-likeness (QED) is 0.133. The lowest BCUT2D eigenvalue weighted by Crippen LogP contribution is -2.07. The molecule has 0 fully saturated rings. The normalized spacial score (nSPS) is 11.7. The van der Waals surface area contributed by atoms with Gasteiger partial charge in [-0.3, -0.25) is 0 Å². The van der Waals surface area contributed by atoms with Gasteiger partial charge in [-0.05, 0) is 106 Å². The first kappa shape index (κ1) is 32.1. The summed E-state index contributed by atoms with van der Waals surface area (Å²) in [5.41, 5.74) is 13.7. The van der Waals surface area contributed by atoms with E-state index in [1.165, 1.54) is 60.7 Å². The molecule has 0 aromatic heterocycles. The molecule has 0 aliphatic heterocycles. The monoisotopic (exact) mass is 656 g/mol. The SMILES string of the molecule is Nc1ccc(Oc2ccc(-c3ccc(-c4ccc(-c5ccc(Oc6ccc(N)cc6)c(C(F)(F)F)c5)cc4)cc3)cc2C(F)(F)F)cc1. The Balaban J connectivity index is 1.22. The Kier molecular flexibility index (Phi) is 8.49. The van der Waals surface area contributed by atoms with Crippen molar-refractivity contribution in [2.24, 2.45) is 0 Å². The fourth-order valence-corrected chi connectivity index (χ4v) is 5.08. The molecule has 0 aliphatic rings. The van der Waals surface area contributed by atoms with Crippen molar-refractivity contribution in [3.05, 3.63) is 145 Å². The van der Waals surface area contributed by atoms with E-state index in [9.17, 15) is 26.3 Å². The largest absolute Gasteiger partial charge is 0.457 e. The van der Waals surface area contributed by atoms with Gasteiger partial charge in [-0.1, -0.05) is 60.7 Å². The minimum atomic E-state index is -4.66. The zero-order valence-corrected chi connectivity index (χ0v) is 24.9. The maximum Gasteiger partial charge on any atom is 0.420 e. The van der Waals surface area contributed by atoms with Crippen molar-refractivity contribution in [1.29, 1.82) is 0 Å². The molecule has 6 aromatic rings. The molecule has 0 heterocycles. The lowest BCUT2D eigenvalue weighted by atomic mass is 9.96. The minimum Gasteiger partial charge on any atom is -0.457 e. The molecule has 0 saturated heterocycles. The molecule has 6 rings (SSSR count). The van der Waals surface area contributed by atoms with Crippen molar-refractivity contribution in [2.75, 3.05) is 11.5 Å². The second kappa shape index (κ2) is 12.7. The van der Waals surface area contributed by atoms with Crippen LogP contribution in [0.15, 0.2) is 133 Å². The highest BCUT2D eigenvalue weighted by atomic mass is 19.4. The van der Waals surface area contributed by atoms with E-state index in [-0.39, 0.29) is 23.0 Å². The first-order valence-corrected chi connectivity index (χ1v) is 14.5. The van der Waals surface area contributed by atoms with Gasteiger partial charge in [-0.25, -0.2) is 0 Å². The Morgan fingerprint density at radius 3 is 0.917 bits per heavy atom. The van der Waals surface area contributed by atoms with Crippen LogP contribution in [0.3, 0.4) is 0 Å². The fourth-order valence-electron chi connectivity index (χ4n) is 5.08. The molecule has 0 radical (unpaired) electrons. The molecule has 0 saturated carbocycles. The summed E-state index contributed by atoms with van der Waals surface area (Å²) in [4.78, 5) is 0. The third-order valence-electron chi connectivity index (χ3n) is 7.56. The van der Waals surface area contributed by atoms with Crippen LogP contribution in [-0.2, 0) is 12.4 Å². The number of nitrogen functional groups attached to an aromatic ring is 2. The number of hydrogen-bond acceptors (Lipinski definition) is 4. The van der Waals surface area contributed by atoms with Gasteiger partial charge in [-0.15, -0.1) is 0 Å². The van der Waals surface area contributed by atoms with Gasteiger partial charge in [0.1, 0.15) is 23.0 Å². The van der Waals surface area contributed by atoms with Gasteiger partial charge in [-0.2, -0.15) is 26.3 Å². The van der Waals surface area contributed by atoms with E-state index in [1.807, 2.05) is 0 Å². The molecule has 0 aliphatic carbocycles. The van der Waals surface area contributed by atoms with E-state index >= 15 is 0 Å². The number of ether oxygens (including phenoxy) is 2. The summed E-state index contributed by atoms with van der Waals surface area (Å²) in [5.74, 6) is -0.226. The van der Waals surface area contributed by atoms with Crippen LogP contribution in [-0.4, -0.2) is 0 Å². The molecule has 4 N–H and O–H groups in total. The number of nitrogens with two attached hydrogens (primary N) is 2. The van der Waals surface area contributed by atoms with E-state index in [2.05, 4.69) is 0 Å². The number of hydrogen-bond donors (Lipinski definition) is 2. The number of alkyl halides is 6. The molecule has 242 valence electrons. The molecular formula is C38H26F6N2O2. The second-order valence-electron chi connectivity index (χ2n) is 10.9. The lowest BCUT2D eigenvalue weighted by Gasteiger charge is -2.16. The highest BCUT2D eigenvalue weighted by Gasteiger charge is 2.36. The topological polar surface area (TPSA) is 70.5 Å². The Labute approximate surface area is 271 Å². The zero-order chi connectivity index (χ0) is 34.1. The maximum absolute atomic E-state index is 14.0. The molecule has 0 unspecified atom stereocenters. The number of benzene rings is 6. The van der Waals surface area contributed by atoms with Crippen molar-refractivity contribution in [1.82, 2.24) is 0 Å². The molecule has 0 atom stereocenters. The van der Waals surface area contributed by atoms with Crippen LogP contribution in [0.4, 0.5) is 37.7 Å². The Morgan fingerprint density at radius 2 is 0.625 bits per heavy atom. The smallest absolute Gasteiger partial charge is 0.420 e. The van der Waals surface area contributed by atoms with Crippen molar-refractivity contribution < 1.29 is 35.8 Å². The predicted molar refractivity (Wildman–Crippen MR) is 175 cm³/mol. The van der Waals surface area contributed by atoms with Crippen molar-refractivity contribution >= 4 is 11.4 Å². The number of halogens is 6. The van der Waals surface area contributed by atoms with Crippen LogP contribution in [0, 0.1) is 0 Å². The molecule has 48 heavy (non-hydrogen) atoms. The van der Waals surface area contributed by atoms with Crippen molar-refractivity contribution in [2.45, 2.75) is 12.4 Å². The van der Waals surface area contributed by atoms with E-state index in [0.717, 1.165) is 23.3 Å². The molecule has 0 spiro atoms. The molecule has 6 aromatic carbocycles. The van der Waals surface area contributed by atoms with Gasteiger partial charge < -0.3 is 20.9 Å². The second-order valence-corrected chi connectivity index (χ2v) is 10.9. The first-order chi connectivity index (χ1) is 22.8. The lowest BCUT2D eigenvalue weighted by molar-refractivity contribution is -0.139. The maximum atomic E-state index is 14.0. The first-order valence-electron chi connectivity index (χ1n) is 14.5. The summed E-state index contributed by atoms with van der Waals surface area (Å²) in [6.45, 7) is 0. The van der Waals surface area contributed by atoms with E-state index in [0.29, 0.717) is 33.6 Å². The van der Waals surface area contributed by atoms with E-state index in [1.54, 1.807) is 60.7 Å². The summed E-state index contributed by atoms with van der Waals surface area (Å²) in [5, 5.41) is 0.